The van der Waals surface area contributed by atoms with Crippen molar-refractivity contribution >= 4 is 5.95 Å². The van der Waals surface area contributed by atoms with Crippen molar-refractivity contribution in [2.75, 3.05) is 25.1 Å². The molecule has 0 spiro atoms. The summed E-state index contributed by atoms with van der Waals surface area (Å²) < 4.78 is 7.18. The van der Waals surface area contributed by atoms with E-state index in [0.29, 0.717) is 11.8 Å². The fourth-order valence-electron chi connectivity index (χ4n) is 2.16. The Labute approximate surface area is 118 Å². The van der Waals surface area contributed by atoms with E-state index < -0.39 is 0 Å². The van der Waals surface area contributed by atoms with Gasteiger partial charge in [-0.3, -0.25) is 4.57 Å². The molecule has 1 aliphatic heterocycles. The highest BCUT2D eigenvalue weighted by atomic mass is 16.5. The van der Waals surface area contributed by atoms with Crippen LogP contribution < -0.4 is 9.64 Å². The summed E-state index contributed by atoms with van der Waals surface area (Å²) in [6.07, 6.45) is 4.00. The van der Waals surface area contributed by atoms with Crippen LogP contribution >= 0.6 is 0 Å². The summed E-state index contributed by atoms with van der Waals surface area (Å²) in [5, 5.41) is 8.67. The molecule has 3 heterocycles. The van der Waals surface area contributed by atoms with Crippen LogP contribution in [0.15, 0.2) is 18.3 Å². The average molecular weight is 272 g/mol. The SMILES string of the molecule is COc1ccc(-n2c(C(C)C)nnc2N2C[CH]C2)cn1. The van der Waals surface area contributed by atoms with Gasteiger partial charge < -0.3 is 9.64 Å². The van der Waals surface area contributed by atoms with Gasteiger partial charge in [0, 0.05) is 31.5 Å². The maximum atomic E-state index is 5.11. The van der Waals surface area contributed by atoms with Crippen LogP contribution in [0.4, 0.5) is 5.95 Å². The monoisotopic (exact) mass is 272 g/mol. The van der Waals surface area contributed by atoms with Gasteiger partial charge in [-0.05, 0) is 6.07 Å². The second-order valence-corrected chi connectivity index (χ2v) is 5.10. The van der Waals surface area contributed by atoms with Gasteiger partial charge in [-0.2, -0.15) is 0 Å². The number of aromatic nitrogens is 4. The van der Waals surface area contributed by atoms with Crippen molar-refractivity contribution in [3.8, 4) is 11.6 Å². The molecule has 0 aliphatic carbocycles. The van der Waals surface area contributed by atoms with E-state index in [4.69, 9.17) is 4.74 Å². The van der Waals surface area contributed by atoms with Gasteiger partial charge in [0.25, 0.3) is 0 Å². The van der Waals surface area contributed by atoms with E-state index in [0.717, 1.165) is 30.5 Å². The van der Waals surface area contributed by atoms with Crippen LogP contribution in [-0.2, 0) is 0 Å². The second-order valence-electron chi connectivity index (χ2n) is 5.10. The molecule has 0 N–H and O–H groups in total. The summed E-state index contributed by atoms with van der Waals surface area (Å²) >= 11 is 0. The summed E-state index contributed by atoms with van der Waals surface area (Å²) in [7, 11) is 1.61. The largest absolute Gasteiger partial charge is 0.481 e. The van der Waals surface area contributed by atoms with Gasteiger partial charge in [-0.1, -0.05) is 13.8 Å². The Bertz CT molecular complexity index is 586. The van der Waals surface area contributed by atoms with E-state index >= 15 is 0 Å². The maximum Gasteiger partial charge on any atom is 0.231 e. The standard InChI is InChI=1S/C14H18N5O/c1-10(2)13-16-17-14(18-7-4-8-18)19(13)11-5-6-12(20-3)15-9-11/h4-6,9-10H,7-8H2,1-3H3. The Morgan fingerprint density at radius 1 is 1.20 bits per heavy atom. The number of nitrogens with zero attached hydrogens (tertiary/aromatic N) is 5. The Kier molecular flexibility index (Phi) is 3.30. The molecule has 20 heavy (non-hydrogen) atoms. The molecule has 0 unspecified atom stereocenters. The predicted molar refractivity (Wildman–Crippen MR) is 76.3 cm³/mol. The van der Waals surface area contributed by atoms with Gasteiger partial charge >= 0.3 is 0 Å². The van der Waals surface area contributed by atoms with Gasteiger partial charge in [-0.25, -0.2) is 4.98 Å². The number of ether oxygens (including phenoxy) is 1. The Balaban J connectivity index is 2.06. The molecule has 2 aromatic rings. The van der Waals surface area contributed by atoms with Crippen molar-refractivity contribution in [3.05, 3.63) is 30.6 Å². The van der Waals surface area contributed by atoms with Crippen LogP contribution in [0.1, 0.15) is 25.6 Å². The van der Waals surface area contributed by atoms with Gasteiger partial charge in [0.1, 0.15) is 5.82 Å². The molecular formula is C14H18N5O. The van der Waals surface area contributed by atoms with Crippen LogP contribution in [0.5, 0.6) is 5.88 Å². The lowest BCUT2D eigenvalue weighted by molar-refractivity contribution is 0.398. The molecule has 0 amide bonds. The van der Waals surface area contributed by atoms with E-state index in [1.54, 1.807) is 13.3 Å². The van der Waals surface area contributed by atoms with Crippen LogP contribution in [-0.4, -0.2) is 39.9 Å². The first-order valence-electron chi connectivity index (χ1n) is 6.73. The molecule has 0 atom stereocenters. The first-order valence-corrected chi connectivity index (χ1v) is 6.73. The van der Waals surface area contributed by atoms with Gasteiger partial charge in [0.15, 0.2) is 0 Å². The minimum absolute atomic E-state index is 0.295. The molecule has 0 bridgehead atoms. The third-order valence-corrected chi connectivity index (χ3v) is 3.36. The van der Waals surface area contributed by atoms with Crippen molar-refractivity contribution < 1.29 is 4.74 Å². The third kappa shape index (κ3) is 2.11. The number of methoxy groups -OCH3 is 1. The molecule has 0 saturated carbocycles. The molecule has 6 heteroatoms. The lowest BCUT2D eigenvalue weighted by atomic mass is 10.2. The average Bonchev–Trinajstić information content (AvgIpc) is 2.81. The van der Waals surface area contributed by atoms with Crippen LogP contribution in [0.25, 0.3) is 5.69 Å². The summed E-state index contributed by atoms with van der Waals surface area (Å²) in [5.74, 6) is 2.72. The van der Waals surface area contributed by atoms with E-state index in [2.05, 4.69) is 44.9 Å². The first kappa shape index (κ1) is 12.9. The fraction of sp³-hybridized carbons (Fsp3) is 0.429. The number of hydrogen-bond acceptors (Lipinski definition) is 5. The molecule has 0 aromatic carbocycles. The summed E-state index contributed by atoms with van der Waals surface area (Å²) in [6, 6.07) is 3.83. The smallest absolute Gasteiger partial charge is 0.231 e. The zero-order chi connectivity index (χ0) is 14.1. The zero-order valence-electron chi connectivity index (χ0n) is 11.9. The first-order chi connectivity index (χ1) is 9.70. The summed E-state index contributed by atoms with van der Waals surface area (Å²) in [5.41, 5.74) is 0.960. The minimum Gasteiger partial charge on any atom is -0.481 e. The summed E-state index contributed by atoms with van der Waals surface area (Å²) in [4.78, 5) is 6.46. The second kappa shape index (κ2) is 5.11. The number of rotatable bonds is 4. The molecule has 105 valence electrons. The van der Waals surface area contributed by atoms with E-state index in [9.17, 15) is 0 Å². The molecule has 1 radical (unpaired) electrons. The Hall–Kier alpha value is -2.11. The van der Waals surface area contributed by atoms with E-state index in [1.165, 1.54) is 0 Å². The highest BCUT2D eigenvalue weighted by Crippen LogP contribution is 2.27. The quantitative estimate of drug-likeness (QED) is 0.849. The van der Waals surface area contributed by atoms with Crippen molar-refractivity contribution in [2.45, 2.75) is 19.8 Å². The number of pyridine rings is 1. The highest BCUT2D eigenvalue weighted by molar-refractivity contribution is 5.47. The van der Waals surface area contributed by atoms with E-state index in [1.807, 2.05) is 12.1 Å². The Morgan fingerprint density at radius 3 is 2.50 bits per heavy atom. The lowest BCUT2D eigenvalue weighted by Crippen LogP contribution is -2.39. The third-order valence-electron chi connectivity index (χ3n) is 3.36. The van der Waals surface area contributed by atoms with Crippen LogP contribution in [0, 0.1) is 6.42 Å². The number of anilines is 1. The van der Waals surface area contributed by atoms with Crippen molar-refractivity contribution in [3.63, 3.8) is 0 Å². The number of hydrogen-bond donors (Lipinski definition) is 0. The minimum atomic E-state index is 0.295. The predicted octanol–water partition coefficient (Wildman–Crippen LogP) is 1.82. The lowest BCUT2D eigenvalue weighted by Gasteiger charge is -2.31. The molecular weight excluding hydrogens is 254 g/mol. The maximum absolute atomic E-state index is 5.11. The molecule has 2 aromatic heterocycles. The zero-order valence-corrected chi connectivity index (χ0v) is 11.9. The Morgan fingerprint density at radius 2 is 2.00 bits per heavy atom. The van der Waals surface area contributed by atoms with Crippen molar-refractivity contribution in [1.82, 2.24) is 19.7 Å². The normalized spacial score (nSPS) is 14.5. The van der Waals surface area contributed by atoms with Gasteiger partial charge in [0.05, 0.1) is 19.0 Å². The molecule has 1 fully saturated rings. The van der Waals surface area contributed by atoms with Crippen LogP contribution in [0.2, 0.25) is 0 Å². The molecule has 3 rings (SSSR count). The van der Waals surface area contributed by atoms with Crippen LogP contribution in [0.3, 0.4) is 0 Å². The van der Waals surface area contributed by atoms with Crippen molar-refractivity contribution in [2.24, 2.45) is 0 Å². The molecule has 1 saturated heterocycles. The van der Waals surface area contributed by atoms with E-state index in [-0.39, 0.29) is 0 Å². The van der Waals surface area contributed by atoms with Gasteiger partial charge in [-0.15, -0.1) is 10.2 Å². The molecule has 6 nitrogen and oxygen atoms in total. The van der Waals surface area contributed by atoms with Gasteiger partial charge in [0.2, 0.25) is 11.8 Å². The fourth-order valence-corrected chi connectivity index (χ4v) is 2.16. The topological polar surface area (TPSA) is 56.1 Å². The van der Waals surface area contributed by atoms with Crippen molar-refractivity contribution in [1.29, 1.82) is 0 Å². The molecule has 1 aliphatic rings. The summed E-state index contributed by atoms with van der Waals surface area (Å²) in [6.45, 7) is 6.06. The highest BCUT2D eigenvalue weighted by Gasteiger charge is 2.24.